The van der Waals surface area contributed by atoms with Gasteiger partial charge in [0.25, 0.3) is 0 Å². The molecule has 2 fully saturated rings. The van der Waals surface area contributed by atoms with Crippen molar-refractivity contribution in [3.8, 4) is 0 Å². The number of carbonyl (C=O) groups excluding carboxylic acids is 1. The number of halogens is 1. The zero-order valence-corrected chi connectivity index (χ0v) is 16.0. The number of nitrogens with one attached hydrogen (secondary N) is 3. The fourth-order valence-electron chi connectivity index (χ4n) is 3.54. The molecule has 2 saturated heterocycles. The summed E-state index contributed by atoms with van der Waals surface area (Å²) >= 11 is 3.45. The summed E-state index contributed by atoms with van der Waals surface area (Å²) in [5.74, 6) is 0.833. The van der Waals surface area contributed by atoms with Gasteiger partial charge in [0.15, 0.2) is 5.82 Å². The zero-order chi connectivity index (χ0) is 17.9. The first-order chi connectivity index (χ1) is 12.7. The van der Waals surface area contributed by atoms with E-state index in [0.29, 0.717) is 6.42 Å². The quantitative estimate of drug-likeness (QED) is 0.715. The van der Waals surface area contributed by atoms with Crippen molar-refractivity contribution >= 4 is 33.3 Å². The maximum Gasteiger partial charge on any atom is 0.243 e. The summed E-state index contributed by atoms with van der Waals surface area (Å²) < 4.78 is 1.05. The molecule has 1 aromatic heterocycles. The fourth-order valence-corrected chi connectivity index (χ4v) is 3.80. The molecular formula is C19H22BrN5O. The van der Waals surface area contributed by atoms with E-state index >= 15 is 0 Å². The summed E-state index contributed by atoms with van der Waals surface area (Å²) in [6, 6.07) is 11.8. The van der Waals surface area contributed by atoms with Crippen molar-refractivity contribution in [3.05, 3.63) is 52.6 Å². The molecule has 7 heteroatoms. The third-order valence-corrected chi connectivity index (χ3v) is 5.47. The van der Waals surface area contributed by atoms with E-state index in [-0.39, 0.29) is 18.0 Å². The molecule has 3 N–H and O–H groups in total. The second kappa shape index (κ2) is 7.73. The average Bonchev–Trinajstić information content (AvgIpc) is 3.35. The molecule has 4 rings (SSSR count). The highest BCUT2D eigenvalue weighted by molar-refractivity contribution is 9.10. The number of benzene rings is 1. The molecule has 2 unspecified atom stereocenters. The normalized spacial score (nSPS) is 22.6. The topological polar surface area (TPSA) is 69.3 Å². The summed E-state index contributed by atoms with van der Waals surface area (Å²) in [4.78, 5) is 19.5. The summed E-state index contributed by atoms with van der Waals surface area (Å²) in [6.45, 7) is 1.99. The number of hydrogen-bond acceptors (Lipinski definition) is 5. The summed E-state index contributed by atoms with van der Waals surface area (Å²) in [7, 11) is 0. The van der Waals surface area contributed by atoms with Crippen LogP contribution < -0.4 is 21.1 Å². The van der Waals surface area contributed by atoms with Gasteiger partial charge in [0.2, 0.25) is 5.91 Å². The molecule has 6 nitrogen and oxygen atoms in total. The third-order valence-electron chi connectivity index (χ3n) is 4.94. The van der Waals surface area contributed by atoms with Crippen LogP contribution in [0.2, 0.25) is 0 Å². The third kappa shape index (κ3) is 3.75. The maximum absolute atomic E-state index is 12.7. The van der Waals surface area contributed by atoms with E-state index in [0.717, 1.165) is 34.6 Å². The summed E-state index contributed by atoms with van der Waals surface area (Å²) in [5.41, 5.74) is 8.30. The van der Waals surface area contributed by atoms with Gasteiger partial charge in [-0.15, -0.1) is 0 Å². The number of anilines is 2. The molecule has 1 amide bonds. The number of rotatable bonds is 4. The van der Waals surface area contributed by atoms with Crippen LogP contribution in [0, 0.1) is 0 Å². The van der Waals surface area contributed by atoms with Crippen molar-refractivity contribution in [2.45, 2.75) is 31.3 Å². The first kappa shape index (κ1) is 17.5. The maximum atomic E-state index is 12.7. The van der Waals surface area contributed by atoms with Gasteiger partial charge in [-0.2, -0.15) is 0 Å². The molecule has 136 valence electrons. The van der Waals surface area contributed by atoms with E-state index in [1.807, 2.05) is 24.3 Å². The molecule has 2 aliphatic rings. The standard InChI is InChI=1S/C19H22BrN5O/c20-14-7-5-13(6-8-14)16-12-17(24-23-16)19(26)22-15-4-3-9-21-18(15)25-10-1-2-11-25/h3-9,16-17,23-24H,1-2,10-12H2,(H,22,26). The van der Waals surface area contributed by atoms with Crippen LogP contribution in [0.1, 0.15) is 30.9 Å². The Bertz CT molecular complexity index is 776. The van der Waals surface area contributed by atoms with Crippen LogP contribution in [-0.4, -0.2) is 30.0 Å². The lowest BCUT2D eigenvalue weighted by molar-refractivity contribution is -0.117. The second-order valence-corrected chi connectivity index (χ2v) is 7.65. The van der Waals surface area contributed by atoms with Crippen molar-refractivity contribution in [2.24, 2.45) is 0 Å². The number of hydrazine groups is 1. The van der Waals surface area contributed by atoms with E-state index < -0.39 is 0 Å². The minimum atomic E-state index is -0.282. The van der Waals surface area contributed by atoms with Gasteiger partial charge in [-0.3, -0.25) is 4.79 Å². The molecular weight excluding hydrogens is 394 g/mol. The van der Waals surface area contributed by atoms with Gasteiger partial charge in [-0.25, -0.2) is 15.8 Å². The molecule has 0 bridgehead atoms. The Morgan fingerprint density at radius 1 is 1.15 bits per heavy atom. The van der Waals surface area contributed by atoms with E-state index in [1.165, 1.54) is 12.8 Å². The van der Waals surface area contributed by atoms with E-state index in [9.17, 15) is 4.79 Å². The molecule has 0 spiro atoms. The van der Waals surface area contributed by atoms with E-state index in [4.69, 9.17) is 0 Å². The van der Waals surface area contributed by atoms with Crippen LogP contribution in [0.5, 0.6) is 0 Å². The second-order valence-electron chi connectivity index (χ2n) is 6.74. The molecule has 0 saturated carbocycles. The lowest BCUT2D eigenvalue weighted by Gasteiger charge is -2.20. The predicted molar refractivity (Wildman–Crippen MR) is 106 cm³/mol. The van der Waals surface area contributed by atoms with Crippen molar-refractivity contribution < 1.29 is 4.79 Å². The van der Waals surface area contributed by atoms with E-state index in [2.05, 4.69) is 54.1 Å². The Hall–Kier alpha value is -1.96. The van der Waals surface area contributed by atoms with Crippen LogP contribution >= 0.6 is 15.9 Å². The number of nitrogens with zero attached hydrogens (tertiary/aromatic N) is 2. The van der Waals surface area contributed by atoms with Crippen LogP contribution in [0.25, 0.3) is 0 Å². The molecule has 0 aliphatic carbocycles. The van der Waals surface area contributed by atoms with Gasteiger partial charge in [-0.05, 0) is 49.1 Å². The summed E-state index contributed by atoms with van der Waals surface area (Å²) in [5, 5.41) is 3.06. The Kier molecular flexibility index (Phi) is 5.19. The number of hydrogen-bond donors (Lipinski definition) is 3. The van der Waals surface area contributed by atoms with Crippen LogP contribution in [-0.2, 0) is 4.79 Å². The summed E-state index contributed by atoms with van der Waals surface area (Å²) in [6.07, 6.45) is 4.83. The van der Waals surface area contributed by atoms with Crippen LogP contribution in [0.4, 0.5) is 11.5 Å². The van der Waals surface area contributed by atoms with E-state index in [1.54, 1.807) is 6.20 Å². The Morgan fingerprint density at radius 3 is 2.69 bits per heavy atom. The van der Waals surface area contributed by atoms with Crippen molar-refractivity contribution in [3.63, 3.8) is 0 Å². The van der Waals surface area contributed by atoms with Gasteiger partial charge >= 0.3 is 0 Å². The van der Waals surface area contributed by atoms with Crippen molar-refractivity contribution in [2.75, 3.05) is 23.3 Å². The largest absolute Gasteiger partial charge is 0.355 e. The highest BCUT2D eigenvalue weighted by Gasteiger charge is 2.31. The number of aromatic nitrogens is 1. The molecule has 0 radical (unpaired) electrons. The fraction of sp³-hybridized carbons (Fsp3) is 0.368. The van der Waals surface area contributed by atoms with Gasteiger partial charge in [-0.1, -0.05) is 28.1 Å². The first-order valence-corrected chi connectivity index (χ1v) is 9.77. The highest BCUT2D eigenvalue weighted by Crippen LogP contribution is 2.28. The predicted octanol–water partition coefficient (Wildman–Crippen LogP) is 2.99. The minimum Gasteiger partial charge on any atom is -0.355 e. The average molecular weight is 416 g/mol. The van der Waals surface area contributed by atoms with Crippen molar-refractivity contribution in [1.82, 2.24) is 15.8 Å². The monoisotopic (exact) mass is 415 g/mol. The lowest BCUT2D eigenvalue weighted by Crippen LogP contribution is -2.39. The Morgan fingerprint density at radius 2 is 1.92 bits per heavy atom. The van der Waals surface area contributed by atoms with Gasteiger partial charge in [0, 0.05) is 29.8 Å². The van der Waals surface area contributed by atoms with Crippen LogP contribution in [0.15, 0.2) is 47.1 Å². The van der Waals surface area contributed by atoms with Gasteiger partial charge < -0.3 is 10.2 Å². The van der Waals surface area contributed by atoms with Crippen LogP contribution in [0.3, 0.4) is 0 Å². The number of pyridine rings is 1. The smallest absolute Gasteiger partial charge is 0.243 e. The lowest BCUT2D eigenvalue weighted by atomic mass is 10.0. The zero-order valence-electron chi connectivity index (χ0n) is 14.4. The van der Waals surface area contributed by atoms with Crippen molar-refractivity contribution in [1.29, 1.82) is 0 Å². The molecule has 3 heterocycles. The Balaban J connectivity index is 1.42. The highest BCUT2D eigenvalue weighted by atomic mass is 79.9. The first-order valence-electron chi connectivity index (χ1n) is 8.98. The molecule has 2 aromatic rings. The number of amides is 1. The molecule has 1 aromatic carbocycles. The molecule has 26 heavy (non-hydrogen) atoms. The Labute approximate surface area is 161 Å². The van der Waals surface area contributed by atoms with Gasteiger partial charge in [0.05, 0.1) is 5.69 Å². The minimum absolute atomic E-state index is 0.0365. The molecule has 2 aliphatic heterocycles. The number of carbonyl (C=O) groups is 1. The molecule has 2 atom stereocenters. The van der Waals surface area contributed by atoms with Gasteiger partial charge in [0.1, 0.15) is 6.04 Å². The SMILES string of the molecule is O=C(Nc1cccnc1N1CCCC1)C1CC(c2ccc(Br)cc2)NN1.